The summed E-state index contributed by atoms with van der Waals surface area (Å²) < 4.78 is 0. The van der Waals surface area contributed by atoms with E-state index in [1.165, 1.54) is 19.1 Å². The van der Waals surface area contributed by atoms with Gasteiger partial charge in [0.15, 0.2) is 0 Å². The van der Waals surface area contributed by atoms with E-state index >= 15 is 0 Å². The molecule has 1 heterocycles. The number of amides is 2. The SMILES string of the molecule is CC(=O)NCCc1ccc(N/C(=C2\C(=O)Nc3ccc([N+](=O)[O-])cc32)c2ccccc2)cc1. The average molecular weight is 442 g/mol. The maximum atomic E-state index is 12.9. The van der Waals surface area contributed by atoms with Crippen molar-refractivity contribution in [3.05, 3.63) is 99.6 Å². The number of rotatable bonds is 7. The fraction of sp³-hybridized carbons (Fsp3) is 0.120. The van der Waals surface area contributed by atoms with E-state index in [4.69, 9.17) is 0 Å². The Morgan fingerprint density at radius 3 is 2.42 bits per heavy atom. The summed E-state index contributed by atoms with van der Waals surface area (Å²) in [6, 6.07) is 21.4. The molecule has 0 spiro atoms. The molecule has 8 nitrogen and oxygen atoms in total. The Morgan fingerprint density at radius 2 is 1.76 bits per heavy atom. The van der Waals surface area contributed by atoms with Crippen LogP contribution in [-0.4, -0.2) is 23.3 Å². The number of nitrogens with zero attached hydrogens (tertiary/aromatic N) is 1. The standard InChI is InChI=1S/C25H22N4O4/c1-16(30)26-14-13-17-7-9-19(10-8-17)27-24(18-5-3-2-4-6-18)23-21-15-20(29(32)33)11-12-22(21)28-25(23)31/h2-12,15,27H,13-14H2,1H3,(H,26,30)(H,28,31)/b24-23-. The summed E-state index contributed by atoms with van der Waals surface area (Å²) in [7, 11) is 0. The van der Waals surface area contributed by atoms with Gasteiger partial charge in [-0.3, -0.25) is 19.7 Å². The average Bonchev–Trinajstić information content (AvgIpc) is 3.13. The van der Waals surface area contributed by atoms with E-state index in [-0.39, 0.29) is 17.5 Å². The van der Waals surface area contributed by atoms with Crippen molar-refractivity contribution in [2.75, 3.05) is 17.2 Å². The molecule has 2 amide bonds. The molecule has 1 aliphatic rings. The minimum atomic E-state index is -0.476. The molecule has 0 saturated carbocycles. The molecule has 4 rings (SSSR count). The minimum absolute atomic E-state index is 0.0669. The quantitative estimate of drug-likeness (QED) is 0.288. The lowest BCUT2D eigenvalue weighted by Crippen LogP contribution is -2.22. The second-order valence-corrected chi connectivity index (χ2v) is 7.61. The summed E-state index contributed by atoms with van der Waals surface area (Å²) in [5, 5.41) is 20.2. The topological polar surface area (TPSA) is 113 Å². The van der Waals surface area contributed by atoms with Crippen molar-refractivity contribution >= 4 is 40.1 Å². The third-order valence-corrected chi connectivity index (χ3v) is 5.28. The summed E-state index contributed by atoms with van der Waals surface area (Å²) in [5.74, 6) is -0.397. The first kappa shape index (κ1) is 21.8. The van der Waals surface area contributed by atoms with Gasteiger partial charge in [-0.1, -0.05) is 42.5 Å². The number of fused-ring (bicyclic) bond motifs is 1. The number of nitro groups is 1. The molecule has 33 heavy (non-hydrogen) atoms. The van der Waals surface area contributed by atoms with Gasteiger partial charge in [-0.15, -0.1) is 0 Å². The third kappa shape index (κ3) is 4.90. The summed E-state index contributed by atoms with van der Waals surface area (Å²) >= 11 is 0. The number of benzene rings is 3. The molecule has 0 aromatic heterocycles. The van der Waals surface area contributed by atoms with Crippen molar-refractivity contribution in [1.29, 1.82) is 0 Å². The van der Waals surface area contributed by atoms with Crippen molar-refractivity contribution in [1.82, 2.24) is 5.32 Å². The molecule has 3 N–H and O–H groups in total. The zero-order chi connectivity index (χ0) is 23.4. The van der Waals surface area contributed by atoms with Gasteiger partial charge in [0.2, 0.25) is 5.91 Å². The van der Waals surface area contributed by atoms with E-state index in [1.807, 2.05) is 54.6 Å². The molecule has 0 unspecified atom stereocenters. The molecule has 0 saturated heterocycles. The molecule has 0 radical (unpaired) electrons. The van der Waals surface area contributed by atoms with Crippen LogP contribution in [0.25, 0.3) is 11.3 Å². The normalized spacial score (nSPS) is 13.7. The molecule has 3 aromatic rings. The van der Waals surface area contributed by atoms with Gasteiger partial charge < -0.3 is 16.0 Å². The first-order valence-electron chi connectivity index (χ1n) is 10.4. The molecule has 166 valence electrons. The van der Waals surface area contributed by atoms with E-state index in [1.54, 1.807) is 6.07 Å². The van der Waals surface area contributed by atoms with Gasteiger partial charge in [0, 0.05) is 42.5 Å². The van der Waals surface area contributed by atoms with Gasteiger partial charge in [0.25, 0.3) is 11.6 Å². The number of hydrogen-bond acceptors (Lipinski definition) is 5. The highest BCUT2D eigenvalue weighted by molar-refractivity contribution is 6.37. The van der Waals surface area contributed by atoms with Crippen LogP contribution in [0.2, 0.25) is 0 Å². The van der Waals surface area contributed by atoms with E-state index in [2.05, 4.69) is 16.0 Å². The van der Waals surface area contributed by atoms with Crippen LogP contribution >= 0.6 is 0 Å². The Hall–Kier alpha value is -4.46. The molecule has 1 aliphatic heterocycles. The second kappa shape index (κ2) is 9.35. The Kier molecular flexibility index (Phi) is 6.17. The van der Waals surface area contributed by atoms with Crippen LogP contribution in [-0.2, 0) is 16.0 Å². The van der Waals surface area contributed by atoms with Gasteiger partial charge in [0.1, 0.15) is 0 Å². The monoisotopic (exact) mass is 442 g/mol. The van der Waals surface area contributed by atoms with Gasteiger partial charge in [-0.25, -0.2) is 0 Å². The highest BCUT2D eigenvalue weighted by Gasteiger charge is 2.30. The third-order valence-electron chi connectivity index (χ3n) is 5.28. The number of anilines is 2. The highest BCUT2D eigenvalue weighted by atomic mass is 16.6. The van der Waals surface area contributed by atoms with E-state index in [9.17, 15) is 19.7 Å². The Morgan fingerprint density at radius 1 is 1.03 bits per heavy atom. The van der Waals surface area contributed by atoms with Gasteiger partial charge in [0.05, 0.1) is 16.2 Å². The first-order chi connectivity index (χ1) is 15.9. The van der Waals surface area contributed by atoms with Gasteiger partial charge in [-0.2, -0.15) is 0 Å². The van der Waals surface area contributed by atoms with Crippen LogP contribution in [0.5, 0.6) is 0 Å². The maximum absolute atomic E-state index is 12.9. The molecule has 0 fully saturated rings. The summed E-state index contributed by atoms with van der Waals surface area (Å²) in [5.41, 5.74) is 4.42. The second-order valence-electron chi connectivity index (χ2n) is 7.61. The number of carbonyl (C=O) groups excluding carboxylic acids is 2. The molecular weight excluding hydrogens is 420 g/mol. The summed E-state index contributed by atoms with van der Waals surface area (Å²) in [6.45, 7) is 2.04. The van der Waals surface area contributed by atoms with Crippen LogP contribution in [0.15, 0.2) is 72.8 Å². The zero-order valence-electron chi connectivity index (χ0n) is 17.9. The molecule has 8 heteroatoms. The molecule has 0 aliphatic carbocycles. The first-order valence-corrected chi connectivity index (χ1v) is 10.4. The Labute approximate surface area is 190 Å². The Balaban J connectivity index is 1.72. The minimum Gasteiger partial charge on any atom is -0.356 e. The number of nitrogens with one attached hydrogen (secondary N) is 3. The molecular formula is C25H22N4O4. The fourth-order valence-electron chi connectivity index (χ4n) is 3.68. The van der Waals surface area contributed by atoms with Crippen LogP contribution in [0.1, 0.15) is 23.6 Å². The number of nitro benzene ring substituents is 1. The fourth-order valence-corrected chi connectivity index (χ4v) is 3.68. The van der Waals surface area contributed by atoms with Crippen LogP contribution < -0.4 is 16.0 Å². The lowest BCUT2D eigenvalue weighted by Gasteiger charge is -2.15. The molecule has 0 atom stereocenters. The van der Waals surface area contributed by atoms with Crippen molar-refractivity contribution in [3.63, 3.8) is 0 Å². The summed E-state index contributed by atoms with van der Waals surface area (Å²) in [6.07, 6.45) is 0.700. The van der Waals surface area contributed by atoms with E-state index in [0.29, 0.717) is 35.5 Å². The Bertz CT molecular complexity index is 1250. The van der Waals surface area contributed by atoms with E-state index in [0.717, 1.165) is 16.8 Å². The largest absolute Gasteiger partial charge is 0.356 e. The number of non-ortho nitro benzene ring substituents is 1. The van der Waals surface area contributed by atoms with Crippen molar-refractivity contribution < 1.29 is 14.5 Å². The smallest absolute Gasteiger partial charge is 0.270 e. The van der Waals surface area contributed by atoms with Crippen LogP contribution in [0.4, 0.5) is 17.1 Å². The highest BCUT2D eigenvalue weighted by Crippen LogP contribution is 2.39. The van der Waals surface area contributed by atoms with Gasteiger partial charge in [-0.05, 0) is 35.7 Å². The van der Waals surface area contributed by atoms with Gasteiger partial charge >= 0.3 is 0 Å². The number of carbonyl (C=O) groups is 2. The van der Waals surface area contributed by atoms with Crippen LogP contribution in [0.3, 0.4) is 0 Å². The van der Waals surface area contributed by atoms with Crippen LogP contribution in [0, 0.1) is 10.1 Å². The maximum Gasteiger partial charge on any atom is 0.270 e. The van der Waals surface area contributed by atoms with Crippen molar-refractivity contribution in [3.8, 4) is 0 Å². The summed E-state index contributed by atoms with van der Waals surface area (Å²) in [4.78, 5) is 34.8. The molecule has 3 aromatic carbocycles. The van der Waals surface area contributed by atoms with E-state index < -0.39 is 4.92 Å². The predicted octanol–water partition coefficient (Wildman–Crippen LogP) is 4.21. The zero-order valence-corrected chi connectivity index (χ0v) is 17.9. The lowest BCUT2D eigenvalue weighted by molar-refractivity contribution is -0.384. The number of hydrogen-bond donors (Lipinski definition) is 3. The lowest BCUT2D eigenvalue weighted by atomic mass is 9.99. The van der Waals surface area contributed by atoms with Crippen molar-refractivity contribution in [2.45, 2.75) is 13.3 Å². The van der Waals surface area contributed by atoms with Crippen molar-refractivity contribution in [2.24, 2.45) is 0 Å². The molecule has 0 bridgehead atoms. The predicted molar refractivity (Wildman–Crippen MR) is 127 cm³/mol.